The Morgan fingerprint density at radius 2 is 1.68 bits per heavy atom. The zero-order valence-electron chi connectivity index (χ0n) is 24.3. The summed E-state index contributed by atoms with van der Waals surface area (Å²) in [6.07, 6.45) is 4.46. The molecular formula is C32H46N4O4. The first-order valence-corrected chi connectivity index (χ1v) is 14.6. The minimum Gasteiger partial charge on any atom is -0.462 e. The van der Waals surface area contributed by atoms with Gasteiger partial charge in [-0.25, -0.2) is 4.79 Å². The van der Waals surface area contributed by atoms with Gasteiger partial charge >= 0.3 is 5.97 Å². The minimum absolute atomic E-state index is 0.0256. The number of nitrogens with one attached hydrogen (secondary N) is 1. The van der Waals surface area contributed by atoms with E-state index in [1.54, 1.807) is 19.1 Å². The van der Waals surface area contributed by atoms with E-state index in [-0.39, 0.29) is 29.7 Å². The SMILES string of the molecule is CC(C)[C@H](NC(=O)[C@H](C)N)C(=O)N1CCC[C@H]1CN(CCCCOC(=O)c1ccccc1)CCc1ccccc1. The van der Waals surface area contributed by atoms with Gasteiger partial charge in [0.2, 0.25) is 11.8 Å². The molecule has 0 saturated carbocycles. The van der Waals surface area contributed by atoms with E-state index < -0.39 is 12.1 Å². The molecule has 1 aliphatic rings. The van der Waals surface area contributed by atoms with Crippen LogP contribution in [0.5, 0.6) is 0 Å². The highest BCUT2D eigenvalue weighted by atomic mass is 16.5. The van der Waals surface area contributed by atoms with E-state index >= 15 is 0 Å². The van der Waals surface area contributed by atoms with Gasteiger partial charge in [0.1, 0.15) is 6.04 Å². The number of amides is 2. The number of ether oxygens (including phenoxy) is 1. The van der Waals surface area contributed by atoms with Crippen LogP contribution in [0.2, 0.25) is 0 Å². The molecular weight excluding hydrogens is 504 g/mol. The number of esters is 1. The molecule has 1 heterocycles. The molecule has 1 saturated heterocycles. The number of benzene rings is 2. The fraction of sp³-hybridized carbons (Fsp3) is 0.531. The highest BCUT2D eigenvalue weighted by Gasteiger charge is 2.36. The van der Waals surface area contributed by atoms with E-state index in [9.17, 15) is 14.4 Å². The molecule has 8 heteroatoms. The Morgan fingerprint density at radius 3 is 2.33 bits per heavy atom. The molecule has 218 valence electrons. The Labute approximate surface area is 239 Å². The quantitative estimate of drug-likeness (QED) is 0.259. The van der Waals surface area contributed by atoms with Crippen molar-refractivity contribution in [2.24, 2.45) is 11.7 Å². The molecule has 40 heavy (non-hydrogen) atoms. The predicted molar refractivity (Wildman–Crippen MR) is 158 cm³/mol. The summed E-state index contributed by atoms with van der Waals surface area (Å²) in [6, 6.07) is 18.3. The normalized spacial score (nSPS) is 16.6. The number of rotatable bonds is 15. The number of carbonyl (C=O) groups excluding carboxylic acids is 3. The lowest BCUT2D eigenvalue weighted by atomic mass is 10.0. The van der Waals surface area contributed by atoms with Crippen molar-refractivity contribution in [1.82, 2.24) is 15.1 Å². The van der Waals surface area contributed by atoms with E-state index in [1.807, 2.05) is 43.0 Å². The Hall–Kier alpha value is -3.23. The summed E-state index contributed by atoms with van der Waals surface area (Å²) in [5, 5.41) is 2.87. The van der Waals surface area contributed by atoms with Gasteiger partial charge in [0, 0.05) is 25.7 Å². The number of hydrogen-bond donors (Lipinski definition) is 2. The lowest BCUT2D eigenvalue weighted by Gasteiger charge is -2.34. The van der Waals surface area contributed by atoms with Crippen LogP contribution in [-0.2, 0) is 20.7 Å². The topological polar surface area (TPSA) is 105 Å². The first kappa shape index (κ1) is 31.3. The van der Waals surface area contributed by atoms with Gasteiger partial charge in [0.25, 0.3) is 0 Å². The number of unbranched alkanes of at least 4 members (excludes halogenated alkanes) is 1. The monoisotopic (exact) mass is 550 g/mol. The van der Waals surface area contributed by atoms with E-state index in [0.717, 1.165) is 51.7 Å². The van der Waals surface area contributed by atoms with Crippen molar-refractivity contribution in [2.45, 2.75) is 71.0 Å². The molecule has 0 unspecified atom stereocenters. The first-order valence-electron chi connectivity index (χ1n) is 14.6. The van der Waals surface area contributed by atoms with Crippen molar-refractivity contribution >= 4 is 17.8 Å². The van der Waals surface area contributed by atoms with E-state index in [1.165, 1.54) is 5.56 Å². The lowest BCUT2D eigenvalue weighted by Crippen LogP contribution is -2.56. The van der Waals surface area contributed by atoms with Gasteiger partial charge in [-0.1, -0.05) is 62.4 Å². The summed E-state index contributed by atoms with van der Waals surface area (Å²) < 4.78 is 5.46. The molecule has 1 fully saturated rings. The minimum atomic E-state index is -0.663. The fourth-order valence-corrected chi connectivity index (χ4v) is 5.08. The number of likely N-dealkylation sites (tertiary alicyclic amines) is 1. The second-order valence-electron chi connectivity index (χ2n) is 11.1. The summed E-state index contributed by atoms with van der Waals surface area (Å²) in [5.74, 6) is -0.663. The molecule has 3 N–H and O–H groups in total. The second kappa shape index (κ2) is 16.1. The average molecular weight is 551 g/mol. The molecule has 1 aliphatic heterocycles. The summed E-state index contributed by atoms with van der Waals surface area (Å²) in [4.78, 5) is 42.5. The Kier molecular flexibility index (Phi) is 12.6. The molecule has 0 aliphatic carbocycles. The maximum Gasteiger partial charge on any atom is 0.338 e. The highest BCUT2D eigenvalue weighted by molar-refractivity contribution is 5.90. The molecule has 3 atom stereocenters. The van der Waals surface area contributed by atoms with Crippen molar-refractivity contribution in [3.63, 3.8) is 0 Å². The van der Waals surface area contributed by atoms with Crippen LogP contribution in [0.3, 0.4) is 0 Å². The molecule has 0 aromatic heterocycles. The summed E-state index contributed by atoms with van der Waals surface area (Å²) in [7, 11) is 0. The number of nitrogens with two attached hydrogens (primary N) is 1. The van der Waals surface area contributed by atoms with Crippen molar-refractivity contribution < 1.29 is 19.1 Å². The maximum absolute atomic E-state index is 13.6. The average Bonchev–Trinajstić information content (AvgIpc) is 3.42. The van der Waals surface area contributed by atoms with Crippen molar-refractivity contribution in [1.29, 1.82) is 0 Å². The summed E-state index contributed by atoms with van der Waals surface area (Å²) in [5.41, 5.74) is 7.60. The van der Waals surface area contributed by atoms with E-state index in [0.29, 0.717) is 18.7 Å². The standard InChI is InChI=1S/C32H46N4O4/c1-24(2)29(34-30(37)25(3)33)31(38)36-20-12-17-28(36)23-35(21-18-26-13-6-4-7-14-26)19-10-11-22-40-32(39)27-15-8-5-9-16-27/h4-9,13-16,24-25,28-29H,10-12,17-23,33H2,1-3H3,(H,34,37)/t25-,28-,29-/m0/s1. The van der Waals surface area contributed by atoms with Crippen molar-refractivity contribution in [2.75, 3.05) is 32.8 Å². The lowest BCUT2D eigenvalue weighted by molar-refractivity contribution is -0.138. The zero-order valence-corrected chi connectivity index (χ0v) is 24.3. The molecule has 0 bridgehead atoms. The van der Waals surface area contributed by atoms with E-state index in [2.05, 4.69) is 34.5 Å². The second-order valence-corrected chi connectivity index (χ2v) is 11.1. The number of carbonyl (C=O) groups is 3. The third kappa shape index (κ3) is 9.75. The van der Waals surface area contributed by atoms with Crippen LogP contribution in [0.4, 0.5) is 0 Å². The van der Waals surface area contributed by atoms with Crippen LogP contribution in [0.25, 0.3) is 0 Å². The summed E-state index contributed by atoms with van der Waals surface area (Å²) >= 11 is 0. The molecule has 2 aromatic rings. The molecule has 8 nitrogen and oxygen atoms in total. The molecule has 0 radical (unpaired) electrons. The van der Waals surface area contributed by atoms with Crippen molar-refractivity contribution in [3.05, 3.63) is 71.8 Å². The molecule has 3 rings (SSSR count). The van der Waals surface area contributed by atoms with Gasteiger partial charge in [0.05, 0.1) is 18.2 Å². The smallest absolute Gasteiger partial charge is 0.338 e. The molecule has 0 spiro atoms. The maximum atomic E-state index is 13.6. The zero-order chi connectivity index (χ0) is 28.9. The van der Waals surface area contributed by atoms with E-state index in [4.69, 9.17) is 10.5 Å². The van der Waals surface area contributed by atoms with Crippen LogP contribution in [0.1, 0.15) is 62.4 Å². The predicted octanol–water partition coefficient (Wildman–Crippen LogP) is 3.65. The van der Waals surface area contributed by atoms with Gasteiger partial charge < -0.3 is 25.6 Å². The Bertz CT molecular complexity index is 1060. The summed E-state index contributed by atoms with van der Waals surface area (Å²) in [6.45, 7) is 9.10. The van der Waals surface area contributed by atoms with Gasteiger partial charge in [-0.2, -0.15) is 0 Å². The van der Waals surface area contributed by atoms with Gasteiger partial charge in [-0.15, -0.1) is 0 Å². The fourth-order valence-electron chi connectivity index (χ4n) is 5.08. The van der Waals surface area contributed by atoms with Crippen LogP contribution in [-0.4, -0.2) is 78.5 Å². The Morgan fingerprint density at radius 1 is 1.00 bits per heavy atom. The Balaban J connectivity index is 1.58. The number of hydrogen-bond acceptors (Lipinski definition) is 6. The highest BCUT2D eigenvalue weighted by Crippen LogP contribution is 2.22. The number of nitrogens with zero attached hydrogens (tertiary/aromatic N) is 2. The third-order valence-corrected chi connectivity index (χ3v) is 7.44. The third-order valence-electron chi connectivity index (χ3n) is 7.44. The van der Waals surface area contributed by atoms with Crippen LogP contribution < -0.4 is 11.1 Å². The van der Waals surface area contributed by atoms with Crippen LogP contribution >= 0.6 is 0 Å². The molecule has 2 aromatic carbocycles. The van der Waals surface area contributed by atoms with Crippen LogP contribution in [0, 0.1) is 5.92 Å². The molecule has 2 amide bonds. The van der Waals surface area contributed by atoms with Gasteiger partial charge in [-0.3, -0.25) is 9.59 Å². The van der Waals surface area contributed by atoms with Gasteiger partial charge in [0.15, 0.2) is 0 Å². The van der Waals surface area contributed by atoms with Crippen LogP contribution in [0.15, 0.2) is 60.7 Å². The van der Waals surface area contributed by atoms with Gasteiger partial charge in [-0.05, 0) is 69.2 Å². The first-order chi connectivity index (χ1) is 19.3. The largest absolute Gasteiger partial charge is 0.462 e. The van der Waals surface area contributed by atoms with Crippen molar-refractivity contribution in [3.8, 4) is 0 Å².